The molecular formula is C10H21NO2. The fourth-order valence-corrected chi connectivity index (χ4v) is 1.08. The summed E-state index contributed by atoms with van der Waals surface area (Å²) in [7, 11) is 3.87. The van der Waals surface area contributed by atoms with Crippen LogP contribution in [0.15, 0.2) is 0 Å². The van der Waals surface area contributed by atoms with Crippen molar-refractivity contribution in [3.8, 4) is 0 Å². The highest BCUT2D eigenvalue weighted by atomic mass is 16.4. The van der Waals surface area contributed by atoms with E-state index in [1.54, 1.807) is 13.8 Å². The van der Waals surface area contributed by atoms with Gasteiger partial charge in [-0.1, -0.05) is 13.3 Å². The number of likely N-dealkylation sites (N-methyl/N-ethyl adjacent to an activating group) is 1. The van der Waals surface area contributed by atoms with Crippen LogP contribution in [0.4, 0.5) is 0 Å². The Morgan fingerprint density at radius 3 is 2.15 bits per heavy atom. The number of carboxylic acids is 1. The molecule has 0 amide bonds. The molecule has 0 N–H and O–H groups in total. The van der Waals surface area contributed by atoms with Crippen LogP contribution in [0.25, 0.3) is 0 Å². The van der Waals surface area contributed by atoms with E-state index in [-0.39, 0.29) is 0 Å². The molecule has 0 radical (unpaired) electrons. The lowest BCUT2D eigenvalue weighted by molar-refractivity contribution is -0.930. The smallest absolute Gasteiger partial charge is 0.133 e. The van der Waals surface area contributed by atoms with E-state index in [0.29, 0.717) is 4.48 Å². The molecular weight excluding hydrogens is 166 g/mol. The number of hydrogen-bond donors (Lipinski definition) is 0. The van der Waals surface area contributed by atoms with E-state index in [1.165, 1.54) is 0 Å². The molecule has 0 aromatic carbocycles. The minimum atomic E-state index is -0.978. The Morgan fingerprint density at radius 1 is 1.38 bits per heavy atom. The molecule has 0 fully saturated rings. The first kappa shape index (κ1) is 12.4. The third kappa shape index (κ3) is 2.69. The average Bonchev–Trinajstić information content (AvgIpc) is 2.00. The molecule has 78 valence electrons. The standard InChI is InChI=1S/C10H21NO2/c1-6-7-8-11(4,5)10(2,3)9(12)13/h6-8H2,1-5H3. The van der Waals surface area contributed by atoms with Crippen molar-refractivity contribution >= 4 is 5.97 Å². The molecule has 0 bridgehead atoms. The lowest BCUT2D eigenvalue weighted by atomic mass is 10.0. The van der Waals surface area contributed by atoms with Crippen LogP contribution in [-0.2, 0) is 4.79 Å². The minimum absolute atomic E-state index is 0.475. The van der Waals surface area contributed by atoms with Crippen molar-refractivity contribution in [2.24, 2.45) is 0 Å². The number of carbonyl (C=O) groups excluding carboxylic acids is 1. The van der Waals surface area contributed by atoms with Crippen molar-refractivity contribution in [1.29, 1.82) is 0 Å². The Kier molecular flexibility index (Phi) is 3.91. The Morgan fingerprint density at radius 2 is 1.85 bits per heavy atom. The van der Waals surface area contributed by atoms with E-state index in [2.05, 4.69) is 6.92 Å². The Bertz CT molecular complexity index is 185. The topological polar surface area (TPSA) is 40.1 Å². The zero-order chi connectivity index (χ0) is 10.7. The van der Waals surface area contributed by atoms with Crippen LogP contribution in [0.1, 0.15) is 33.6 Å². The number of quaternary nitrogens is 1. The first-order chi connectivity index (χ1) is 5.75. The minimum Gasteiger partial charge on any atom is -0.544 e. The number of rotatable bonds is 5. The quantitative estimate of drug-likeness (QED) is 0.584. The summed E-state index contributed by atoms with van der Waals surface area (Å²) in [6.45, 7) is 6.42. The summed E-state index contributed by atoms with van der Waals surface area (Å²) >= 11 is 0. The molecule has 0 aromatic rings. The predicted molar refractivity (Wildman–Crippen MR) is 51.0 cm³/mol. The summed E-state index contributed by atoms with van der Waals surface area (Å²) in [5.41, 5.74) is -0.810. The monoisotopic (exact) mass is 187 g/mol. The highest BCUT2D eigenvalue weighted by molar-refractivity contribution is 5.73. The molecule has 0 rings (SSSR count). The molecule has 0 heterocycles. The van der Waals surface area contributed by atoms with Gasteiger partial charge in [0.1, 0.15) is 11.5 Å². The van der Waals surface area contributed by atoms with Crippen LogP contribution in [0, 0.1) is 0 Å². The number of unbranched alkanes of at least 4 members (excludes halogenated alkanes) is 1. The molecule has 0 aliphatic heterocycles. The van der Waals surface area contributed by atoms with Gasteiger partial charge in [-0.25, -0.2) is 0 Å². The molecule has 0 atom stereocenters. The van der Waals surface area contributed by atoms with Crippen molar-refractivity contribution < 1.29 is 14.4 Å². The van der Waals surface area contributed by atoms with Crippen molar-refractivity contribution in [1.82, 2.24) is 0 Å². The number of nitrogens with zero attached hydrogens (tertiary/aromatic N) is 1. The number of hydrogen-bond acceptors (Lipinski definition) is 2. The fraction of sp³-hybridized carbons (Fsp3) is 0.900. The van der Waals surface area contributed by atoms with Crippen LogP contribution in [0.2, 0.25) is 0 Å². The van der Waals surface area contributed by atoms with Gasteiger partial charge in [0.15, 0.2) is 0 Å². The largest absolute Gasteiger partial charge is 0.544 e. The van der Waals surface area contributed by atoms with E-state index in [9.17, 15) is 9.90 Å². The molecule has 0 aromatic heterocycles. The maximum atomic E-state index is 10.9. The molecule has 0 aliphatic rings. The van der Waals surface area contributed by atoms with Crippen molar-refractivity contribution in [2.45, 2.75) is 39.2 Å². The lowest BCUT2D eigenvalue weighted by Crippen LogP contribution is -2.64. The maximum absolute atomic E-state index is 10.9. The van der Waals surface area contributed by atoms with Gasteiger partial charge in [0.25, 0.3) is 0 Å². The Hall–Kier alpha value is -0.570. The Labute approximate surface area is 80.9 Å². The first-order valence-electron chi connectivity index (χ1n) is 4.80. The molecule has 3 nitrogen and oxygen atoms in total. The van der Waals surface area contributed by atoms with E-state index < -0.39 is 11.5 Å². The number of aliphatic carboxylic acids is 1. The van der Waals surface area contributed by atoms with Gasteiger partial charge in [-0.2, -0.15) is 0 Å². The molecule has 0 aliphatic carbocycles. The van der Waals surface area contributed by atoms with Crippen LogP contribution < -0.4 is 5.11 Å². The summed E-state index contributed by atoms with van der Waals surface area (Å²) in [6.07, 6.45) is 2.13. The van der Waals surface area contributed by atoms with E-state index >= 15 is 0 Å². The van der Waals surface area contributed by atoms with Gasteiger partial charge in [0, 0.05) is 0 Å². The molecule has 13 heavy (non-hydrogen) atoms. The second kappa shape index (κ2) is 4.09. The normalized spacial score (nSPS) is 13.0. The van der Waals surface area contributed by atoms with Crippen molar-refractivity contribution in [2.75, 3.05) is 20.6 Å². The molecule has 0 spiro atoms. The van der Waals surface area contributed by atoms with Gasteiger partial charge in [-0.3, -0.25) is 0 Å². The molecule has 0 saturated carbocycles. The van der Waals surface area contributed by atoms with Gasteiger partial charge in [0.2, 0.25) is 0 Å². The van der Waals surface area contributed by atoms with Crippen LogP contribution >= 0.6 is 0 Å². The predicted octanol–water partition coefficient (Wildman–Crippen LogP) is 0.391. The van der Waals surface area contributed by atoms with Gasteiger partial charge in [0.05, 0.1) is 20.6 Å². The molecule has 0 unspecified atom stereocenters. The second-order valence-electron chi connectivity index (χ2n) is 4.61. The number of carboxylic acid groups (broad SMARTS) is 1. The van der Waals surface area contributed by atoms with E-state index in [4.69, 9.17) is 0 Å². The summed E-state index contributed by atoms with van der Waals surface area (Å²) < 4.78 is 0.475. The van der Waals surface area contributed by atoms with Gasteiger partial charge >= 0.3 is 0 Å². The third-order valence-corrected chi connectivity index (χ3v) is 3.08. The lowest BCUT2D eigenvalue weighted by Gasteiger charge is -2.45. The molecule has 0 saturated heterocycles. The summed E-state index contributed by atoms with van der Waals surface area (Å²) in [6, 6.07) is 0. The summed E-state index contributed by atoms with van der Waals surface area (Å²) in [4.78, 5) is 10.9. The zero-order valence-electron chi connectivity index (χ0n) is 9.39. The van der Waals surface area contributed by atoms with E-state index in [1.807, 2.05) is 14.1 Å². The number of carbonyl (C=O) groups is 1. The van der Waals surface area contributed by atoms with Crippen molar-refractivity contribution in [3.05, 3.63) is 0 Å². The Balaban J connectivity index is 4.50. The first-order valence-corrected chi connectivity index (χ1v) is 4.80. The average molecular weight is 187 g/mol. The van der Waals surface area contributed by atoms with Gasteiger partial charge in [-0.05, 0) is 20.3 Å². The van der Waals surface area contributed by atoms with Crippen molar-refractivity contribution in [3.63, 3.8) is 0 Å². The van der Waals surface area contributed by atoms with Gasteiger partial charge < -0.3 is 14.4 Å². The highest BCUT2D eigenvalue weighted by Gasteiger charge is 2.37. The van der Waals surface area contributed by atoms with Crippen LogP contribution in [0.5, 0.6) is 0 Å². The van der Waals surface area contributed by atoms with E-state index in [0.717, 1.165) is 19.4 Å². The summed E-state index contributed by atoms with van der Waals surface area (Å²) in [5, 5.41) is 10.9. The second-order valence-corrected chi connectivity index (χ2v) is 4.61. The van der Waals surface area contributed by atoms with Gasteiger partial charge in [-0.15, -0.1) is 0 Å². The highest BCUT2D eigenvalue weighted by Crippen LogP contribution is 2.20. The maximum Gasteiger partial charge on any atom is 0.133 e. The zero-order valence-corrected chi connectivity index (χ0v) is 9.39. The van der Waals surface area contributed by atoms with Crippen LogP contribution in [-0.4, -0.2) is 36.6 Å². The molecule has 3 heteroatoms. The van der Waals surface area contributed by atoms with Crippen LogP contribution in [0.3, 0.4) is 0 Å². The SMILES string of the molecule is CCCC[N+](C)(C)C(C)(C)C(=O)[O-]. The fourth-order valence-electron chi connectivity index (χ4n) is 1.08. The summed E-state index contributed by atoms with van der Waals surface area (Å²) in [5.74, 6) is -0.978. The third-order valence-electron chi connectivity index (χ3n) is 3.08.